The molecule has 0 unspecified atom stereocenters. The maximum absolute atomic E-state index is 11.6. The van der Waals surface area contributed by atoms with Crippen LogP contribution in [0.25, 0.3) is 0 Å². The zero-order valence-corrected chi connectivity index (χ0v) is 11.8. The third kappa shape index (κ3) is 4.98. The third-order valence-corrected chi connectivity index (χ3v) is 3.63. The molecule has 0 radical (unpaired) electrons. The molecule has 1 fully saturated rings. The van der Waals surface area contributed by atoms with Crippen molar-refractivity contribution in [1.82, 2.24) is 10.2 Å². The number of likely N-dealkylation sites (tertiary alicyclic amines) is 1. The normalized spacial score (nSPS) is 15.5. The summed E-state index contributed by atoms with van der Waals surface area (Å²) in [4.78, 5) is 23.8. The van der Waals surface area contributed by atoms with Gasteiger partial charge in [0.25, 0.3) is 0 Å². The monoisotopic (exact) mass is 292 g/mol. The molecule has 114 valence electrons. The van der Waals surface area contributed by atoms with E-state index in [1.165, 1.54) is 4.90 Å². The van der Waals surface area contributed by atoms with Crippen LogP contribution in [-0.4, -0.2) is 41.8 Å². The molecule has 1 aliphatic heterocycles. The van der Waals surface area contributed by atoms with E-state index >= 15 is 0 Å². The van der Waals surface area contributed by atoms with Gasteiger partial charge in [-0.2, -0.15) is 0 Å². The van der Waals surface area contributed by atoms with Crippen molar-refractivity contribution in [3.63, 3.8) is 0 Å². The first-order valence-corrected chi connectivity index (χ1v) is 7.07. The van der Waals surface area contributed by atoms with Gasteiger partial charge in [0, 0.05) is 19.6 Å². The van der Waals surface area contributed by atoms with Gasteiger partial charge in [0.1, 0.15) is 6.61 Å². The largest absolute Gasteiger partial charge is 0.465 e. The summed E-state index contributed by atoms with van der Waals surface area (Å²) in [5, 5.41) is 11.6. The Labute approximate surface area is 123 Å². The van der Waals surface area contributed by atoms with Gasteiger partial charge in [-0.25, -0.2) is 9.59 Å². The minimum atomic E-state index is -0.872. The van der Waals surface area contributed by atoms with Crippen molar-refractivity contribution in [2.75, 3.05) is 19.6 Å². The van der Waals surface area contributed by atoms with Gasteiger partial charge in [0.2, 0.25) is 0 Å². The minimum absolute atomic E-state index is 0.254. The predicted molar refractivity (Wildman–Crippen MR) is 77.0 cm³/mol. The van der Waals surface area contributed by atoms with Crippen LogP contribution in [0.4, 0.5) is 9.59 Å². The number of carboxylic acid groups (broad SMARTS) is 1. The number of carbonyl (C=O) groups excluding carboxylic acids is 1. The second-order valence-electron chi connectivity index (χ2n) is 5.16. The lowest BCUT2D eigenvalue weighted by Gasteiger charge is -2.29. The molecule has 0 aliphatic carbocycles. The van der Waals surface area contributed by atoms with Crippen molar-refractivity contribution < 1.29 is 19.4 Å². The molecule has 21 heavy (non-hydrogen) atoms. The molecule has 0 bridgehead atoms. The standard InChI is InChI=1S/C15H20N2O4/c18-14(21-11-13-4-2-1-3-5-13)16-10-12-6-8-17(9-7-12)15(19)20/h1-5,12H,6-11H2,(H,16,18)(H,19,20). The number of nitrogens with zero attached hydrogens (tertiary/aromatic N) is 1. The molecule has 0 spiro atoms. The topological polar surface area (TPSA) is 78.9 Å². The van der Waals surface area contributed by atoms with Gasteiger partial charge in [-0.3, -0.25) is 0 Å². The first kappa shape index (κ1) is 15.2. The quantitative estimate of drug-likeness (QED) is 0.892. The highest BCUT2D eigenvalue weighted by Gasteiger charge is 2.22. The molecule has 1 saturated heterocycles. The maximum atomic E-state index is 11.6. The van der Waals surface area contributed by atoms with Crippen LogP contribution in [-0.2, 0) is 11.3 Å². The molecule has 1 aromatic carbocycles. The number of piperidine rings is 1. The summed E-state index contributed by atoms with van der Waals surface area (Å²) in [5.74, 6) is 0.310. The van der Waals surface area contributed by atoms with E-state index in [0.717, 1.165) is 18.4 Å². The second kappa shape index (κ2) is 7.52. The van der Waals surface area contributed by atoms with Gasteiger partial charge in [0.15, 0.2) is 0 Å². The Balaban J connectivity index is 1.62. The molecule has 1 heterocycles. The number of ether oxygens (including phenoxy) is 1. The number of alkyl carbamates (subject to hydrolysis) is 1. The first-order chi connectivity index (χ1) is 10.1. The fourth-order valence-corrected chi connectivity index (χ4v) is 2.33. The van der Waals surface area contributed by atoms with Crippen LogP contribution in [0, 0.1) is 5.92 Å². The van der Waals surface area contributed by atoms with Crippen LogP contribution in [0.1, 0.15) is 18.4 Å². The van der Waals surface area contributed by atoms with Crippen LogP contribution in [0.15, 0.2) is 30.3 Å². The van der Waals surface area contributed by atoms with Crippen LogP contribution < -0.4 is 5.32 Å². The molecule has 6 nitrogen and oxygen atoms in total. The Kier molecular flexibility index (Phi) is 5.43. The van der Waals surface area contributed by atoms with Crippen LogP contribution >= 0.6 is 0 Å². The molecule has 1 aliphatic rings. The van der Waals surface area contributed by atoms with E-state index in [2.05, 4.69) is 5.32 Å². The highest BCUT2D eigenvalue weighted by Crippen LogP contribution is 2.16. The SMILES string of the molecule is O=C(NCC1CCN(C(=O)O)CC1)OCc1ccccc1. The fourth-order valence-electron chi connectivity index (χ4n) is 2.33. The Bertz CT molecular complexity index is 470. The molecule has 2 rings (SSSR count). The lowest BCUT2D eigenvalue weighted by Crippen LogP contribution is -2.41. The molecule has 1 aromatic rings. The van der Waals surface area contributed by atoms with Crippen molar-refractivity contribution in [2.24, 2.45) is 5.92 Å². The Morgan fingerprint density at radius 1 is 1.24 bits per heavy atom. The third-order valence-electron chi connectivity index (χ3n) is 3.63. The number of benzene rings is 1. The molecule has 0 saturated carbocycles. The Morgan fingerprint density at radius 2 is 1.90 bits per heavy atom. The van der Waals surface area contributed by atoms with Crippen molar-refractivity contribution in [3.8, 4) is 0 Å². The van der Waals surface area contributed by atoms with E-state index in [1.54, 1.807) is 0 Å². The van der Waals surface area contributed by atoms with Gasteiger partial charge < -0.3 is 20.1 Å². The van der Waals surface area contributed by atoms with Crippen molar-refractivity contribution in [2.45, 2.75) is 19.4 Å². The molecule has 2 amide bonds. The van der Waals surface area contributed by atoms with E-state index in [1.807, 2.05) is 30.3 Å². The Morgan fingerprint density at radius 3 is 2.52 bits per heavy atom. The van der Waals surface area contributed by atoms with E-state index in [9.17, 15) is 9.59 Å². The molecular weight excluding hydrogens is 272 g/mol. The Hall–Kier alpha value is -2.24. The van der Waals surface area contributed by atoms with E-state index in [-0.39, 0.29) is 6.61 Å². The van der Waals surface area contributed by atoms with Gasteiger partial charge in [0.05, 0.1) is 0 Å². The second-order valence-corrected chi connectivity index (χ2v) is 5.16. The van der Waals surface area contributed by atoms with Crippen molar-refractivity contribution in [1.29, 1.82) is 0 Å². The number of carbonyl (C=O) groups is 2. The summed E-state index contributed by atoms with van der Waals surface area (Å²) in [5.41, 5.74) is 0.947. The van der Waals surface area contributed by atoms with Gasteiger partial charge >= 0.3 is 12.2 Å². The van der Waals surface area contributed by atoms with Gasteiger partial charge in [-0.1, -0.05) is 30.3 Å². The van der Waals surface area contributed by atoms with E-state index < -0.39 is 12.2 Å². The molecule has 0 atom stereocenters. The van der Waals surface area contributed by atoms with Crippen molar-refractivity contribution >= 4 is 12.2 Å². The number of amides is 2. The fraction of sp³-hybridized carbons (Fsp3) is 0.467. The smallest absolute Gasteiger partial charge is 0.407 e. The number of nitrogens with one attached hydrogen (secondary N) is 1. The van der Waals surface area contributed by atoms with E-state index in [0.29, 0.717) is 25.6 Å². The molecule has 0 aromatic heterocycles. The van der Waals surface area contributed by atoms with Gasteiger partial charge in [-0.15, -0.1) is 0 Å². The summed E-state index contributed by atoms with van der Waals surface area (Å²) < 4.78 is 5.12. The summed E-state index contributed by atoms with van der Waals surface area (Å²) in [6, 6.07) is 9.50. The summed E-state index contributed by atoms with van der Waals surface area (Å²) in [7, 11) is 0. The zero-order valence-electron chi connectivity index (χ0n) is 11.8. The maximum Gasteiger partial charge on any atom is 0.407 e. The van der Waals surface area contributed by atoms with Crippen LogP contribution in [0.5, 0.6) is 0 Å². The summed E-state index contributed by atoms with van der Waals surface area (Å²) in [6.45, 7) is 1.84. The molecular formula is C15H20N2O4. The average Bonchev–Trinajstić information content (AvgIpc) is 2.52. The lowest BCUT2D eigenvalue weighted by atomic mass is 9.97. The van der Waals surface area contributed by atoms with Gasteiger partial charge in [-0.05, 0) is 24.3 Å². The molecule has 6 heteroatoms. The highest BCUT2D eigenvalue weighted by atomic mass is 16.5. The van der Waals surface area contributed by atoms with Crippen molar-refractivity contribution in [3.05, 3.63) is 35.9 Å². The lowest BCUT2D eigenvalue weighted by molar-refractivity contribution is 0.118. The summed E-state index contributed by atoms with van der Waals surface area (Å²) in [6.07, 6.45) is 0.236. The number of hydrogen-bond donors (Lipinski definition) is 2. The zero-order chi connectivity index (χ0) is 15.1. The number of hydrogen-bond acceptors (Lipinski definition) is 3. The summed E-state index contributed by atoms with van der Waals surface area (Å²) >= 11 is 0. The number of rotatable bonds is 4. The first-order valence-electron chi connectivity index (χ1n) is 7.07. The minimum Gasteiger partial charge on any atom is -0.465 e. The van der Waals surface area contributed by atoms with E-state index in [4.69, 9.17) is 9.84 Å². The van der Waals surface area contributed by atoms with Crippen LogP contribution in [0.3, 0.4) is 0 Å². The predicted octanol–water partition coefficient (Wildman–Crippen LogP) is 2.30. The molecule has 2 N–H and O–H groups in total. The highest BCUT2D eigenvalue weighted by molar-refractivity contribution is 5.67. The van der Waals surface area contributed by atoms with Crippen LogP contribution in [0.2, 0.25) is 0 Å². The average molecular weight is 292 g/mol.